The van der Waals surface area contributed by atoms with Crippen molar-refractivity contribution in [2.24, 2.45) is 0 Å². The summed E-state index contributed by atoms with van der Waals surface area (Å²) >= 11 is 5.39. The fourth-order valence-electron chi connectivity index (χ4n) is 2.38. The fraction of sp³-hybridized carbons (Fsp3) is 0.263. The molecule has 0 aliphatic carbocycles. The molecule has 5 heteroatoms. The number of ether oxygens (including phenoxy) is 1. The lowest BCUT2D eigenvalue weighted by atomic mass is 10.1. The van der Waals surface area contributed by atoms with E-state index < -0.39 is 0 Å². The van der Waals surface area contributed by atoms with Crippen molar-refractivity contribution in [1.29, 1.82) is 0 Å². The summed E-state index contributed by atoms with van der Waals surface area (Å²) in [6.45, 7) is 6.06. The van der Waals surface area contributed by atoms with Crippen LogP contribution in [0.3, 0.4) is 0 Å². The quantitative estimate of drug-likeness (QED) is 0.629. The third-order valence-corrected chi connectivity index (χ3v) is 3.94. The minimum atomic E-state index is -0.324. The Morgan fingerprint density at radius 2 is 1.88 bits per heavy atom. The number of hydrogen-bond donors (Lipinski definition) is 2. The van der Waals surface area contributed by atoms with Crippen LogP contribution in [0.5, 0.6) is 0 Å². The minimum Gasteiger partial charge on any atom is -0.462 e. The highest BCUT2D eigenvalue weighted by molar-refractivity contribution is 7.80. The SMILES string of the molecule is CCOC(=O)c1cccc(NC(=S)N[C@H](C)c2ccccc2)c1C. The van der Waals surface area contributed by atoms with Crippen molar-refractivity contribution >= 4 is 29.0 Å². The summed E-state index contributed by atoms with van der Waals surface area (Å²) in [5.74, 6) is -0.324. The van der Waals surface area contributed by atoms with E-state index in [0.29, 0.717) is 17.3 Å². The Bertz CT molecular complexity index is 717. The Morgan fingerprint density at radius 3 is 2.54 bits per heavy atom. The average molecular weight is 342 g/mol. The summed E-state index contributed by atoms with van der Waals surface area (Å²) in [5.41, 5.74) is 3.30. The molecule has 0 aliphatic heterocycles. The van der Waals surface area contributed by atoms with Gasteiger partial charge in [-0.2, -0.15) is 0 Å². The molecule has 2 aromatic rings. The van der Waals surface area contributed by atoms with Crippen molar-refractivity contribution in [2.75, 3.05) is 11.9 Å². The van der Waals surface area contributed by atoms with Gasteiger partial charge in [0.25, 0.3) is 0 Å². The molecular formula is C19H22N2O2S. The summed E-state index contributed by atoms with van der Waals surface area (Å²) in [6.07, 6.45) is 0. The molecule has 0 radical (unpaired) electrons. The van der Waals surface area contributed by atoms with E-state index in [1.165, 1.54) is 0 Å². The van der Waals surface area contributed by atoms with Crippen molar-refractivity contribution in [3.8, 4) is 0 Å². The van der Waals surface area contributed by atoms with Crippen LogP contribution in [0.15, 0.2) is 48.5 Å². The van der Waals surface area contributed by atoms with E-state index in [1.807, 2.05) is 56.3 Å². The van der Waals surface area contributed by atoms with Gasteiger partial charge in [-0.1, -0.05) is 36.4 Å². The molecule has 0 bridgehead atoms. The zero-order valence-electron chi connectivity index (χ0n) is 14.1. The van der Waals surface area contributed by atoms with E-state index in [0.717, 1.165) is 16.8 Å². The van der Waals surface area contributed by atoms with Crippen molar-refractivity contribution in [3.63, 3.8) is 0 Å². The molecule has 0 unspecified atom stereocenters. The Kier molecular flexibility index (Phi) is 6.32. The summed E-state index contributed by atoms with van der Waals surface area (Å²) < 4.78 is 5.08. The number of esters is 1. The second-order valence-electron chi connectivity index (χ2n) is 5.43. The lowest BCUT2D eigenvalue weighted by Gasteiger charge is -2.19. The van der Waals surface area contributed by atoms with Crippen LogP contribution in [0.1, 0.15) is 41.4 Å². The largest absolute Gasteiger partial charge is 0.462 e. The summed E-state index contributed by atoms with van der Waals surface area (Å²) in [7, 11) is 0. The van der Waals surface area contributed by atoms with Gasteiger partial charge in [-0.05, 0) is 56.2 Å². The molecule has 0 saturated carbocycles. The molecule has 2 rings (SSSR count). The van der Waals surface area contributed by atoms with Crippen molar-refractivity contribution < 1.29 is 9.53 Å². The molecule has 0 amide bonds. The van der Waals surface area contributed by atoms with Gasteiger partial charge in [0.05, 0.1) is 18.2 Å². The summed E-state index contributed by atoms with van der Waals surface area (Å²) in [4.78, 5) is 12.0. The van der Waals surface area contributed by atoms with E-state index >= 15 is 0 Å². The van der Waals surface area contributed by atoms with Crippen LogP contribution in [0.25, 0.3) is 0 Å². The first-order valence-corrected chi connectivity index (χ1v) is 8.33. The molecule has 2 N–H and O–H groups in total. The molecule has 126 valence electrons. The zero-order chi connectivity index (χ0) is 17.5. The first kappa shape index (κ1) is 17.9. The van der Waals surface area contributed by atoms with Crippen LogP contribution in [0, 0.1) is 6.92 Å². The molecule has 24 heavy (non-hydrogen) atoms. The van der Waals surface area contributed by atoms with Crippen molar-refractivity contribution in [1.82, 2.24) is 5.32 Å². The second kappa shape index (κ2) is 8.45. The Hall–Kier alpha value is -2.40. The van der Waals surface area contributed by atoms with Gasteiger partial charge in [-0.3, -0.25) is 0 Å². The lowest BCUT2D eigenvalue weighted by Crippen LogP contribution is -2.31. The smallest absolute Gasteiger partial charge is 0.338 e. The minimum absolute atomic E-state index is 0.0831. The molecule has 0 saturated heterocycles. The molecule has 1 atom stereocenters. The van der Waals surface area contributed by atoms with Gasteiger partial charge < -0.3 is 15.4 Å². The Labute approximate surface area is 148 Å². The topological polar surface area (TPSA) is 50.4 Å². The van der Waals surface area contributed by atoms with Gasteiger partial charge >= 0.3 is 5.97 Å². The van der Waals surface area contributed by atoms with E-state index in [2.05, 4.69) is 10.6 Å². The molecule has 0 aliphatic rings. The highest BCUT2D eigenvalue weighted by Crippen LogP contribution is 2.20. The average Bonchev–Trinajstić information content (AvgIpc) is 2.57. The number of carbonyl (C=O) groups is 1. The number of thiocarbonyl (C=S) groups is 1. The van der Waals surface area contributed by atoms with E-state index in [-0.39, 0.29) is 12.0 Å². The number of carbonyl (C=O) groups excluding carboxylic acids is 1. The van der Waals surface area contributed by atoms with E-state index in [4.69, 9.17) is 17.0 Å². The van der Waals surface area contributed by atoms with Crippen LogP contribution in [0.4, 0.5) is 5.69 Å². The molecule has 4 nitrogen and oxygen atoms in total. The summed E-state index contributed by atoms with van der Waals surface area (Å²) in [5, 5.41) is 6.92. The predicted octanol–water partition coefficient (Wildman–Crippen LogP) is 4.22. The van der Waals surface area contributed by atoms with Crippen LogP contribution >= 0.6 is 12.2 Å². The van der Waals surface area contributed by atoms with Gasteiger partial charge in [0.2, 0.25) is 0 Å². The third-order valence-electron chi connectivity index (χ3n) is 3.72. The molecule has 0 fully saturated rings. The van der Waals surface area contributed by atoms with Gasteiger partial charge in [0.15, 0.2) is 5.11 Å². The van der Waals surface area contributed by atoms with Crippen LogP contribution in [-0.2, 0) is 4.74 Å². The summed E-state index contributed by atoms with van der Waals surface area (Å²) in [6, 6.07) is 15.6. The molecule has 2 aromatic carbocycles. The monoisotopic (exact) mass is 342 g/mol. The maximum atomic E-state index is 12.0. The van der Waals surface area contributed by atoms with Gasteiger partial charge in [0.1, 0.15) is 0 Å². The Morgan fingerprint density at radius 1 is 1.17 bits per heavy atom. The number of rotatable bonds is 5. The van der Waals surface area contributed by atoms with Crippen LogP contribution in [-0.4, -0.2) is 17.7 Å². The molecule has 0 spiro atoms. The van der Waals surface area contributed by atoms with Gasteiger partial charge in [-0.15, -0.1) is 0 Å². The number of hydrogen-bond acceptors (Lipinski definition) is 3. The highest BCUT2D eigenvalue weighted by atomic mass is 32.1. The third kappa shape index (κ3) is 4.55. The first-order valence-electron chi connectivity index (χ1n) is 7.92. The van der Waals surface area contributed by atoms with Gasteiger partial charge in [-0.25, -0.2) is 4.79 Å². The van der Waals surface area contributed by atoms with Crippen molar-refractivity contribution in [3.05, 3.63) is 65.2 Å². The normalized spacial score (nSPS) is 11.5. The van der Waals surface area contributed by atoms with Crippen LogP contribution < -0.4 is 10.6 Å². The van der Waals surface area contributed by atoms with E-state index in [1.54, 1.807) is 13.0 Å². The predicted molar refractivity (Wildman–Crippen MR) is 101 cm³/mol. The lowest BCUT2D eigenvalue weighted by molar-refractivity contribution is 0.0525. The van der Waals surface area contributed by atoms with E-state index in [9.17, 15) is 4.79 Å². The maximum absolute atomic E-state index is 12.0. The number of anilines is 1. The fourth-order valence-corrected chi connectivity index (χ4v) is 2.67. The highest BCUT2D eigenvalue weighted by Gasteiger charge is 2.14. The number of nitrogens with one attached hydrogen (secondary N) is 2. The standard InChI is InChI=1S/C19H22N2O2S/c1-4-23-18(22)16-11-8-12-17(13(16)2)21-19(24)20-14(3)15-9-6-5-7-10-15/h5-12,14H,4H2,1-3H3,(H2,20,21,24)/t14-/m1/s1. The Balaban J connectivity index is 2.06. The first-order chi connectivity index (χ1) is 11.5. The number of benzene rings is 2. The zero-order valence-corrected chi connectivity index (χ0v) is 14.9. The maximum Gasteiger partial charge on any atom is 0.338 e. The molecular weight excluding hydrogens is 320 g/mol. The van der Waals surface area contributed by atoms with Gasteiger partial charge in [0, 0.05) is 5.69 Å². The second-order valence-corrected chi connectivity index (χ2v) is 5.84. The van der Waals surface area contributed by atoms with Crippen molar-refractivity contribution in [2.45, 2.75) is 26.8 Å². The molecule has 0 heterocycles. The molecule has 0 aromatic heterocycles. The van der Waals surface area contributed by atoms with Crippen LogP contribution in [0.2, 0.25) is 0 Å².